The van der Waals surface area contributed by atoms with Gasteiger partial charge in [0.1, 0.15) is 5.75 Å². The summed E-state index contributed by atoms with van der Waals surface area (Å²) in [5.74, 6) is 0.789. The van der Waals surface area contributed by atoms with Gasteiger partial charge in [0.05, 0.1) is 6.61 Å². The number of nitrogens with zero attached hydrogens (tertiary/aromatic N) is 1. The van der Waals surface area contributed by atoms with E-state index in [9.17, 15) is 5.21 Å². The highest BCUT2D eigenvalue weighted by Gasteiger charge is 1.97. The number of ether oxygens (including phenoxy) is 1. The number of aromatic nitrogens is 1. The molecule has 1 heterocycles. The van der Waals surface area contributed by atoms with Gasteiger partial charge in [0.2, 0.25) is 0 Å². The second-order valence-electron chi connectivity index (χ2n) is 7.19. The molecular weight excluding hydrogens is 310 g/mol. The van der Waals surface area contributed by atoms with Crippen LogP contribution in [0.25, 0.3) is 0 Å². The third kappa shape index (κ3) is 13.7. The summed E-state index contributed by atoms with van der Waals surface area (Å²) in [6, 6.07) is 3.44. The van der Waals surface area contributed by atoms with Crippen molar-refractivity contribution in [2.24, 2.45) is 0 Å². The van der Waals surface area contributed by atoms with Crippen LogP contribution in [-0.4, -0.2) is 6.61 Å². The Morgan fingerprint density at radius 1 is 0.680 bits per heavy atom. The van der Waals surface area contributed by atoms with Gasteiger partial charge >= 0.3 is 0 Å². The topological polar surface area (TPSA) is 36.2 Å². The Bertz CT molecular complexity index is 392. The summed E-state index contributed by atoms with van der Waals surface area (Å²) in [6.45, 7) is 3.03. The normalized spacial score (nSPS) is 10.9. The molecule has 144 valence electrons. The smallest absolute Gasteiger partial charge is 0.184 e. The zero-order chi connectivity index (χ0) is 18.0. The third-order valence-corrected chi connectivity index (χ3v) is 4.79. The molecular formula is C22H39NO2. The fourth-order valence-corrected chi connectivity index (χ4v) is 3.16. The van der Waals surface area contributed by atoms with Crippen LogP contribution in [0.5, 0.6) is 5.75 Å². The molecule has 0 saturated carbocycles. The van der Waals surface area contributed by atoms with Gasteiger partial charge in [-0.05, 0) is 6.42 Å². The van der Waals surface area contributed by atoms with Gasteiger partial charge in [-0.2, -0.15) is 4.73 Å². The predicted octanol–water partition coefficient (Wildman–Crippen LogP) is 6.57. The zero-order valence-corrected chi connectivity index (χ0v) is 16.4. The Morgan fingerprint density at radius 2 is 1.08 bits per heavy atom. The van der Waals surface area contributed by atoms with E-state index < -0.39 is 0 Å². The molecule has 1 aromatic rings. The average molecular weight is 350 g/mol. The van der Waals surface area contributed by atoms with Gasteiger partial charge in [-0.25, -0.2) is 0 Å². The minimum Gasteiger partial charge on any atom is -0.619 e. The van der Waals surface area contributed by atoms with E-state index >= 15 is 0 Å². The second kappa shape index (κ2) is 16.2. The summed E-state index contributed by atoms with van der Waals surface area (Å²) in [7, 11) is 0. The van der Waals surface area contributed by atoms with Crippen molar-refractivity contribution in [3.63, 3.8) is 0 Å². The van der Waals surface area contributed by atoms with Crippen LogP contribution in [0, 0.1) is 5.21 Å². The summed E-state index contributed by atoms with van der Waals surface area (Å²) < 4.78 is 6.40. The molecule has 0 aromatic carbocycles. The molecule has 0 amide bonds. The third-order valence-electron chi connectivity index (χ3n) is 4.79. The minimum absolute atomic E-state index is 0.751. The number of unbranched alkanes of at least 4 members (excludes halogenated alkanes) is 14. The van der Waals surface area contributed by atoms with E-state index in [1.54, 1.807) is 12.1 Å². The lowest BCUT2D eigenvalue weighted by Gasteiger charge is -2.06. The molecule has 25 heavy (non-hydrogen) atoms. The molecule has 0 bridgehead atoms. The second-order valence-corrected chi connectivity index (χ2v) is 7.19. The molecule has 3 heteroatoms. The Kier molecular flexibility index (Phi) is 14.1. The van der Waals surface area contributed by atoms with Crippen molar-refractivity contribution >= 4 is 0 Å². The fourth-order valence-electron chi connectivity index (χ4n) is 3.16. The predicted molar refractivity (Wildman–Crippen MR) is 106 cm³/mol. The van der Waals surface area contributed by atoms with Gasteiger partial charge in [0.15, 0.2) is 12.4 Å². The highest BCUT2D eigenvalue weighted by Crippen LogP contribution is 2.13. The molecule has 1 aromatic heterocycles. The van der Waals surface area contributed by atoms with Gasteiger partial charge in [-0.3, -0.25) is 0 Å². The number of pyridine rings is 1. The highest BCUT2D eigenvalue weighted by atomic mass is 16.5. The van der Waals surface area contributed by atoms with E-state index in [1.165, 1.54) is 102 Å². The minimum atomic E-state index is 0.751. The quantitative estimate of drug-likeness (QED) is 0.181. The van der Waals surface area contributed by atoms with Crippen LogP contribution in [0.4, 0.5) is 0 Å². The lowest BCUT2D eigenvalue weighted by atomic mass is 10.0. The average Bonchev–Trinajstić information content (AvgIpc) is 2.63. The van der Waals surface area contributed by atoms with E-state index in [2.05, 4.69) is 6.92 Å². The Hall–Kier alpha value is -1.25. The van der Waals surface area contributed by atoms with Crippen molar-refractivity contribution in [1.82, 2.24) is 0 Å². The lowest BCUT2D eigenvalue weighted by Crippen LogP contribution is -2.23. The number of hydrogen-bond donors (Lipinski definition) is 0. The summed E-state index contributed by atoms with van der Waals surface area (Å²) >= 11 is 0. The largest absolute Gasteiger partial charge is 0.619 e. The van der Waals surface area contributed by atoms with E-state index in [-0.39, 0.29) is 0 Å². The standard InChI is InChI=1S/C22H39NO2/c1-2-3-4-5-6-7-8-9-10-11-12-13-14-15-16-21-25-22-17-19-23(24)20-18-22/h17-20H,2-16,21H2,1H3. The van der Waals surface area contributed by atoms with E-state index in [4.69, 9.17) is 4.74 Å². The summed E-state index contributed by atoms with van der Waals surface area (Å²) in [5.41, 5.74) is 0. The van der Waals surface area contributed by atoms with Crippen molar-refractivity contribution in [2.45, 2.75) is 103 Å². The molecule has 0 spiro atoms. The van der Waals surface area contributed by atoms with Crippen molar-refractivity contribution in [3.05, 3.63) is 29.7 Å². The molecule has 0 unspecified atom stereocenters. The summed E-state index contributed by atoms with van der Waals surface area (Å²) in [6.07, 6.45) is 23.6. The van der Waals surface area contributed by atoms with Crippen LogP contribution in [0.1, 0.15) is 103 Å². The van der Waals surface area contributed by atoms with E-state index in [0.29, 0.717) is 0 Å². The Labute approximate surface area is 155 Å². The lowest BCUT2D eigenvalue weighted by molar-refractivity contribution is -0.605. The Balaban J connectivity index is 1.74. The van der Waals surface area contributed by atoms with Gasteiger partial charge in [0, 0.05) is 12.1 Å². The molecule has 0 saturated heterocycles. The van der Waals surface area contributed by atoms with Crippen molar-refractivity contribution < 1.29 is 9.47 Å². The molecule has 0 N–H and O–H groups in total. The first kappa shape index (κ1) is 21.8. The van der Waals surface area contributed by atoms with Gasteiger partial charge in [0.25, 0.3) is 0 Å². The first-order valence-corrected chi connectivity index (χ1v) is 10.6. The molecule has 0 atom stereocenters. The van der Waals surface area contributed by atoms with Crippen LogP contribution >= 0.6 is 0 Å². The molecule has 0 fully saturated rings. The molecule has 0 aliphatic rings. The van der Waals surface area contributed by atoms with Crippen LogP contribution in [-0.2, 0) is 0 Å². The fraction of sp³-hybridized carbons (Fsp3) is 0.773. The molecule has 0 radical (unpaired) electrons. The van der Waals surface area contributed by atoms with Crippen molar-refractivity contribution in [1.29, 1.82) is 0 Å². The molecule has 1 rings (SSSR count). The van der Waals surface area contributed by atoms with Crippen molar-refractivity contribution in [3.8, 4) is 5.75 Å². The van der Waals surface area contributed by atoms with Crippen LogP contribution in [0.2, 0.25) is 0 Å². The SMILES string of the molecule is CCCCCCCCCCCCCCCCCOc1cc[n+]([O-])cc1. The van der Waals surface area contributed by atoms with E-state index in [1.807, 2.05) is 0 Å². The molecule has 0 aliphatic carbocycles. The maximum absolute atomic E-state index is 10.9. The zero-order valence-electron chi connectivity index (χ0n) is 16.4. The van der Waals surface area contributed by atoms with Crippen LogP contribution < -0.4 is 9.47 Å². The molecule has 3 nitrogen and oxygen atoms in total. The van der Waals surface area contributed by atoms with Gasteiger partial charge in [-0.1, -0.05) is 96.8 Å². The van der Waals surface area contributed by atoms with E-state index in [0.717, 1.165) is 23.5 Å². The first-order chi connectivity index (χ1) is 12.3. The van der Waals surface area contributed by atoms with Crippen LogP contribution in [0.3, 0.4) is 0 Å². The van der Waals surface area contributed by atoms with Gasteiger partial charge in [-0.15, -0.1) is 0 Å². The maximum Gasteiger partial charge on any atom is 0.184 e. The number of hydrogen-bond acceptors (Lipinski definition) is 2. The van der Waals surface area contributed by atoms with Crippen molar-refractivity contribution in [2.75, 3.05) is 6.61 Å². The van der Waals surface area contributed by atoms with Crippen LogP contribution in [0.15, 0.2) is 24.5 Å². The maximum atomic E-state index is 10.9. The summed E-state index contributed by atoms with van der Waals surface area (Å²) in [4.78, 5) is 0. The highest BCUT2D eigenvalue weighted by molar-refractivity contribution is 5.14. The molecule has 0 aliphatic heterocycles. The summed E-state index contributed by atoms with van der Waals surface area (Å²) in [5, 5.41) is 10.9. The van der Waals surface area contributed by atoms with Gasteiger partial charge < -0.3 is 9.94 Å². The monoisotopic (exact) mass is 349 g/mol. The Morgan fingerprint density at radius 3 is 1.52 bits per heavy atom. The first-order valence-electron chi connectivity index (χ1n) is 10.6. The number of rotatable bonds is 17.